The highest BCUT2D eigenvalue weighted by atomic mass is 127. The maximum atomic E-state index is 12.4. The minimum atomic E-state index is -0.642. The zero-order chi connectivity index (χ0) is 20.0. The number of non-ortho nitro benzene ring substituents is 1. The SMILES string of the molecule is CCOc1c(I)cc(/C=C(\C#N)C(=O)Nc2cccc([N+](=O)[O-])c2)cc1I. The summed E-state index contributed by atoms with van der Waals surface area (Å²) in [6.07, 6.45) is 1.47. The van der Waals surface area contributed by atoms with Crippen molar-refractivity contribution >= 4 is 68.5 Å². The second kappa shape index (κ2) is 9.65. The molecule has 0 unspecified atom stereocenters. The van der Waals surface area contributed by atoms with E-state index in [2.05, 4.69) is 50.5 Å². The number of anilines is 1. The van der Waals surface area contributed by atoms with E-state index in [1.165, 1.54) is 30.3 Å². The van der Waals surface area contributed by atoms with Crippen molar-refractivity contribution in [2.45, 2.75) is 6.92 Å². The summed E-state index contributed by atoms with van der Waals surface area (Å²) in [4.78, 5) is 22.6. The van der Waals surface area contributed by atoms with Crippen LogP contribution in [0.3, 0.4) is 0 Å². The fourth-order valence-electron chi connectivity index (χ4n) is 2.16. The van der Waals surface area contributed by atoms with Crippen molar-refractivity contribution in [1.29, 1.82) is 5.26 Å². The van der Waals surface area contributed by atoms with Gasteiger partial charge in [0.2, 0.25) is 0 Å². The van der Waals surface area contributed by atoms with Crippen molar-refractivity contribution in [2.75, 3.05) is 11.9 Å². The summed E-state index contributed by atoms with van der Waals surface area (Å²) >= 11 is 4.27. The van der Waals surface area contributed by atoms with Gasteiger partial charge in [0, 0.05) is 17.8 Å². The third-order valence-corrected chi connectivity index (χ3v) is 4.90. The molecule has 1 N–H and O–H groups in total. The number of nitriles is 1. The molecule has 0 heterocycles. The molecular weight excluding hydrogens is 576 g/mol. The molecule has 2 rings (SSSR count). The molecule has 0 aromatic heterocycles. The first-order valence-electron chi connectivity index (χ1n) is 7.65. The van der Waals surface area contributed by atoms with Gasteiger partial charge in [-0.05, 0) is 81.9 Å². The van der Waals surface area contributed by atoms with E-state index in [-0.39, 0.29) is 16.9 Å². The van der Waals surface area contributed by atoms with Gasteiger partial charge in [0.15, 0.2) is 0 Å². The molecule has 0 radical (unpaired) electrons. The van der Waals surface area contributed by atoms with E-state index >= 15 is 0 Å². The van der Waals surface area contributed by atoms with Gasteiger partial charge >= 0.3 is 0 Å². The van der Waals surface area contributed by atoms with Crippen molar-refractivity contribution in [3.05, 3.63) is 64.8 Å². The maximum absolute atomic E-state index is 12.4. The largest absolute Gasteiger partial charge is 0.492 e. The fourth-order valence-corrected chi connectivity index (χ4v) is 4.28. The van der Waals surface area contributed by atoms with Crippen LogP contribution in [-0.2, 0) is 4.79 Å². The minimum absolute atomic E-state index is 0.114. The molecule has 27 heavy (non-hydrogen) atoms. The second-order valence-electron chi connectivity index (χ2n) is 5.18. The number of benzene rings is 2. The summed E-state index contributed by atoms with van der Waals surface area (Å²) in [7, 11) is 0. The molecule has 0 atom stereocenters. The van der Waals surface area contributed by atoms with Crippen LogP contribution in [0.25, 0.3) is 6.08 Å². The molecule has 0 spiro atoms. The number of carbonyl (C=O) groups excluding carboxylic acids is 1. The molecule has 2 aromatic carbocycles. The lowest BCUT2D eigenvalue weighted by Gasteiger charge is -2.10. The summed E-state index contributed by atoms with van der Waals surface area (Å²) < 4.78 is 7.31. The Morgan fingerprint density at radius 2 is 2.00 bits per heavy atom. The Hall–Kier alpha value is -2.20. The van der Waals surface area contributed by atoms with Crippen LogP contribution >= 0.6 is 45.2 Å². The molecule has 0 aliphatic heterocycles. The molecule has 0 saturated heterocycles. The van der Waals surface area contributed by atoms with Crippen LogP contribution in [0, 0.1) is 28.6 Å². The molecule has 0 aliphatic rings. The number of ether oxygens (including phenoxy) is 1. The molecule has 0 aliphatic carbocycles. The third kappa shape index (κ3) is 5.64. The van der Waals surface area contributed by atoms with Crippen LogP contribution in [0.2, 0.25) is 0 Å². The fraction of sp³-hybridized carbons (Fsp3) is 0.111. The predicted molar refractivity (Wildman–Crippen MR) is 118 cm³/mol. The van der Waals surface area contributed by atoms with Gasteiger partial charge in [0.05, 0.1) is 18.7 Å². The molecule has 7 nitrogen and oxygen atoms in total. The van der Waals surface area contributed by atoms with Crippen molar-refractivity contribution in [3.8, 4) is 11.8 Å². The summed E-state index contributed by atoms with van der Waals surface area (Å²) in [5, 5.41) is 22.7. The lowest BCUT2D eigenvalue weighted by atomic mass is 10.1. The lowest BCUT2D eigenvalue weighted by Crippen LogP contribution is -2.13. The number of halogens is 2. The van der Waals surface area contributed by atoms with Gasteiger partial charge in [0.25, 0.3) is 11.6 Å². The van der Waals surface area contributed by atoms with E-state index in [1.54, 1.807) is 0 Å². The van der Waals surface area contributed by atoms with E-state index in [0.29, 0.717) is 12.2 Å². The van der Waals surface area contributed by atoms with Crippen molar-refractivity contribution in [2.24, 2.45) is 0 Å². The highest BCUT2D eigenvalue weighted by Gasteiger charge is 2.14. The van der Waals surface area contributed by atoms with Gasteiger partial charge in [-0.15, -0.1) is 0 Å². The average Bonchev–Trinajstić information content (AvgIpc) is 2.62. The third-order valence-electron chi connectivity index (χ3n) is 3.30. The average molecular weight is 589 g/mol. The molecule has 1 amide bonds. The first-order valence-corrected chi connectivity index (χ1v) is 9.81. The van der Waals surface area contributed by atoms with Gasteiger partial charge in [-0.2, -0.15) is 5.26 Å². The molecule has 9 heteroatoms. The zero-order valence-corrected chi connectivity index (χ0v) is 18.3. The Kier molecular flexibility index (Phi) is 7.55. The predicted octanol–water partition coefficient (Wildman–Crippen LogP) is 4.75. The molecule has 138 valence electrons. The maximum Gasteiger partial charge on any atom is 0.271 e. The Morgan fingerprint density at radius 1 is 1.33 bits per heavy atom. The number of carbonyl (C=O) groups is 1. The Labute approximate surface area is 182 Å². The van der Waals surface area contributed by atoms with Crippen LogP contribution < -0.4 is 10.1 Å². The number of nitro groups is 1. The number of nitrogens with zero attached hydrogens (tertiary/aromatic N) is 2. The van der Waals surface area contributed by atoms with E-state index in [4.69, 9.17) is 4.74 Å². The van der Waals surface area contributed by atoms with E-state index < -0.39 is 10.8 Å². The Morgan fingerprint density at radius 3 is 2.56 bits per heavy atom. The highest BCUT2D eigenvalue weighted by Crippen LogP contribution is 2.30. The van der Waals surface area contributed by atoms with Gasteiger partial charge in [-0.3, -0.25) is 14.9 Å². The summed E-state index contributed by atoms with van der Waals surface area (Å²) in [5.41, 5.74) is 0.660. The van der Waals surface area contributed by atoms with Crippen LogP contribution in [0.5, 0.6) is 5.75 Å². The summed E-state index contributed by atoms with van der Waals surface area (Å²) in [5.74, 6) is 0.118. The number of amides is 1. The Balaban J connectivity index is 2.28. The van der Waals surface area contributed by atoms with Gasteiger partial charge in [-0.25, -0.2) is 0 Å². The van der Waals surface area contributed by atoms with E-state index in [1.807, 2.05) is 25.1 Å². The molecule has 2 aromatic rings. The van der Waals surface area contributed by atoms with Crippen LogP contribution in [0.15, 0.2) is 42.0 Å². The van der Waals surface area contributed by atoms with Crippen molar-refractivity contribution in [1.82, 2.24) is 0 Å². The van der Waals surface area contributed by atoms with E-state index in [0.717, 1.165) is 12.9 Å². The smallest absolute Gasteiger partial charge is 0.271 e. The lowest BCUT2D eigenvalue weighted by molar-refractivity contribution is -0.384. The monoisotopic (exact) mass is 589 g/mol. The quantitative estimate of drug-likeness (QED) is 0.172. The topological polar surface area (TPSA) is 105 Å². The van der Waals surface area contributed by atoms with E-state index in [9.17, 15) is 20.2 Å². The van der Waals surface area contributed by atoms with Gasteiger partial charge < -0.3 is 10.1 Å². The van der Waals surface area contributed by atoms with Crippen LogP contribution in [-0.4, -0.2) is 17.4 Å². The molecular formula is C18H13I2N3O4. The van der Waals surface area contributed by atoms with Gasteiger partial charge in [-0.1, -0.05) is 6.07 Å². The molecule has 0 saturated carbocycles. The highest BCUT2D eigenvalue weighted by molar-refractivity contribution is 14.1. The first kappa shape index (κ1) is 21.1. The normalized spacial score (nSPS) is 10.8. The molecule has 0 fully saturated rings. The number of hydrogen-bond acceptors (Lipinski definition) is 5. The van der Waals surface area contributed by atoms with Gasteiger partial charge in [0.1, 0.15) is 17.4 Å². The number of rotatable bonds is 6. The minimum Gasteiger partial charge on any atom is -0.492 e. The summed E-state index contributed by atoms with van der Waals surface area (Å²) in [6.45, 7) is 2.43. The van der Waals surface area contributed by atoms with Crippen LogP contribution in [0.1, 0.15) is 12.5 Å². The summed E-state index contributed by atoms with van der Waals surface area (Å²) in [6, 6.07) is 11.0. The standard InChI is InChI=1S/C18H13I2N3O4/c1-2-27-17-15(19)7-11(8-16(17)20)6-12(10-21)18(24)22-13-4-3-5-14(9-13)23(25)26/h3-9H,2H2,1H3,(H,22,24)/b12-6+. The molecule has 0 bridgehead atoms. The van der Waals surface area contributed by atoms with Crippen molar-refractivity contribution in [3.63, 3.8) is 0 Å². The second-order valence-corrected chi connectivity index (χ2v) is 7.50. The van der Waals surface area contributed by atoms with Crippen LogP contribution in [0.4, 0.5) is 11.4 Å². The Bertz CT molecular complexity index is 944. The first-order chi connectivity index (χ1) is 12.8. The number of nitro benzene ring substituents is 1. The number of hydrogen-bond donors (Lipinski definition) is 1. The van der Waals surface area contributed by atoms with Crippen molar-refractivity contribution < 1.29 is 14.5 Å². The zero-order valence-electron chi connectivity index (χ0n) is 14.0. The number of nitrogens with one attached hydrogen (secondary N) is 1.